The van der Waals surface area contributed by atoms with Crippen molar-refractivity contribution in [3.63, 3.8) is 0 Å². The Morgan fingerprint density at radius 2 is 1.46 bits per heavy atom. The molecular formula is C22H28NO+. The fourth-order valence-corrected chi connectivity index (χ4v) is 4.43. The summed E-state index contributed by atoms with van der Waals surface area (Å²) in [6.45, 7) is 6.48. The zero-order valence-corrected chi connectivity index (χ0v) is 14.8. The van der Waals surface area contributed by atoms with Crippen LogP contribution >= 0.6 is 0 Å². The van der Waals surface area contributed by atoms with Gasteiger partial charge in [0.05, 0.1) is 13.2 Å². The van der Waals surface area contributed by atoms with E-state index in [1.54, 1.807) is 4.90 Å². The van der Waals surface area contributed by atoms with Gasteiger partial charge < -0.3 is 9.64 Å². The quantitative estimate of drug-likeness (QED) is 0.893. The Labute approximate surface area is 145 Å². The summed E-state index contributed by atoms with van der Waals surface area (Å²) < 4.78 is 6.45. The van der Waals surface area contributed by atoms with Crippen LogP contribution in [0, 0.1) is 13.8 Å². The van der Waals surface area contributed by atoms with Gasteiger partial charge in [-0.1, -0.05) is 59.7 Å². The molecule has 0 bridgehead atoms. The number of rotatable bonds is 2. The predicted molar refractivity (Wildman–Crippen MR) is 97.3 cm³/mol. The molecule has 2 fully saturated rings. The van der Waals surface area contributed by atoms with Crippen molar-refractivity contribution >= 4 is 0 Å². The summed E-state index contributed by atoms with van der Waals surface area (Å²) in [5, 5.41) is 0. The number of ether oxygens (including phenoxy) is 1. The van der Waals surface area contributed by atoms with E-state index in [9.17, 15) is 0 Å². The van der Waals surface area contributed by atoms with Crippen molar-refractivity contribution < 1.29 is 9.64 Å². The van der Waals surface area contributed by atoms with Crippen molar-refractivity contribution in [3.8, 4) is 0 Å². The number of fused-ring (bicyclic) bond motifs is 1. The first kappa shape index (κ1) is 15.9. The van der Waals surface area contributed by atoms with Crippen molar-refractivity contribution in [1.82, 2.24) is 0 Å². The molecule has 0 aromatic heterocycles. The Balaban J connectivity index is 1.73. The van der Waals surface area contributed by atoms with Gasteiger partial charge in [-0.05, 0) is 32.3 Å². The van der Waals surface area contributed by atoms with Gasteiger partial charge in [0.2, 0.25) is 0 Å². The molecule has 2 aromatic rings. The van der Waals surface area contributed by atoms with E-state index < -0.39 is 0 Å². The van der Waals surface area contributed by atoms with Crippen molar-refractivity contribution in [1.29, 1.82) is 0 Å². The van der Waals surface area contributed by atoms with Gasteiger partial charge in [-0.3, -0.25) is 0 Å². The summed E-state index contributed by atoms with van der Waals surface area (Å²) in [5.41, 5.74) is 5.38. The average Bonchev–Trinajstić information content (AvgIpc) is 2.62. The Morgan fingerprint density at radius 1 is 0.833 bits per heavy atom. The molecule has 4 rings (SSSR count). The average molecular weight is 322 g/mol. The van der Waals surface area contributed by atoms with E-state index in [1.165, 1.54) is 48.1 Å². The Hall–Kier alpha value is -1.64. The largest absolute Gasteiger partial charge is 0.361 e. The van der Waals surface area contributed by atoms with E-state index in [0.717, 1.165) is 6.61 Å². The minimum atomic E-state index is 0.164. The summed E-state index contributed by atoms with van der Waals surface area (Å²) in [6, 6.07) is 19.1. The highest BCUT2D eigenvalue weighted by atomic mass is 16.5. The summed E-state index contributed by atoms with van der Waals surface area (Å²) >= 11 is 0. The van der Waals surface area contributed by atoms with E-state index in [2.05, 4.69) is 62.4 Å². The molecule has 0 spiro atoms. The number of piperidine rings is 1. The van der Waals surface area contributed by atoms with Crippen molar-refractivity contribution in [2.45, 2.75) is 51.3 Å². The molecule has 2 aliphatic rings. The number of benzene rings is 2. The van der Waals surface area contributed by atoms with Crippen LogP contribution in [-0.4, -0.2) is 19.2 Å². The van der Waals surface area contributed by atoms with Crippen LogP contribution < -0.4 is 4.90 Å². The van der Waals surface area contributed by atoms with Crippen LogP contribution in [0.1, 0.15) is 53.7 Å². The van der Waals surface area contributed by atoms with Crippen LogP contribution in [0.3, 0.4) is 0 Å². The monoisotopic (exact) mass is 322 g/mol. The second-order valence-electron chi connectivity index (χ2n) is 7.57. The highest BCUT2D eigenvalue weighted by Crippen LogP contribution is 2.34. The lowest BCUT2D eigenvalue weighted by molar-refractivity contribution is -0.974. The van der Waals surface area contributed by atoms with Crippen LogP contribution in [0.2, 0.25) is 0 Å². The minimum Gasteiger partial charge on any atom is -0.361 e. The zero-order chi connectivity index (χ0) is 16.5. The van der Waals surface area contributed by atoms with Crippen LogP contribution in [-0.2, 0) is 4.74 Å². The molecule has 1 N–H and O–H groups in total. The van der Waals surface area contributed by atoms with Gasteiger partial charge in [0.1, 0.15) is 18.2 Å². The number of hydrogen-bond donors (Lipinski definition) is 1. The van der Waals surface area contributed by atoms with Crippen LogP contribution in [0.25, 0.3) is 0 Å². The van der Waals surface area contributed by atoms with E-state index in [-0.39, 0.29) is 6.10 Å². The highest BCUT2D eigenvalue weighted by Gasteiger charge is 2.44. The highest BCUT2D eigenvalue weighted by molar-refractivity contribution is 5.29. The third-order valence-electron chi connectivity index (χ3n) is 5.81. The van der Waals surface area contributed by atoms with Crippen molar-refractivity contribution in [2.24, 2.45) is 0 Å². The maximum atomic E-state index is 6.45. The fourth-order valence-electron chi connectivity index (χ4n) is 4.43. The molecule has 0 amide bonds. The Bertz CT molecular complexity index is 676. The molecule has 126 valence electrons. The van der Waals surface area contributed by atoms with Gasteiger partial charge >= 0.3 is 0 Å². The summed E-state index contributed by atoms with van der Waals surface area (Å²) in [4.78, 5) is 1.74. The molecule has 2 aliphatic heterocycles. The number of aryl methyl sites for hydroxylation is 2. The molecule has 4 unspecified atom stereocenters. The summed E-state index contributed by atoms with van der Waals surface area (Å²) in [5.74, 6) is 0. The first-order chi connectivity index (χ1) is 11.7. The maximum Gasteiger partial charge on any atom is 0.144 e. The third-order valence-corrected chi connectivity index (χ3v) is 5.81. The lowest BCUT2D eigenvalue weighted by Crippen LogP contribution is -3.18. The molecular weight excluding hydrogens is 294 g/mol. The summed E-state index contributed by atoms with van der Waals surface area (Å²) in [7, 11) is 0. The summed E-state index contributed by atoms with van der Waals surface area (Å²) in [6.07, 6.45) is 4.16. The molecule has 2 nitrogen and oxygen atoms in total. The van der Waals surface area contributed by atoms with Gasteiger partial charge in [-0.2, -0.15) is 0 Å². The zero-order valence-electron chi connectivity index (χ0n) is 14.8. The normalized spacial score (nSPS) is 29.9. The van der Waals surface area contributed by atoms with Crippen LogP contribution in [0.15, 0.2) is 48.5 Å². The molecule has 0 radical (unpaired) electrons. The Morgan fingerprint density at radius 3 is 2.12 bits per heavy atom. The first-order valence-corrected chi connectivity index (χ1v) is 9.33. The molecule has 2 aromatic carbocycles. The van der Waals surface area contributed by atoms with Crippen molar-refractivity contribution in [2.75, 3.05) is 13.2 Å². The third kappa shape index (κ3) is 3.01. The topological polar surface area (TPSA) is 13.7 Å². The lowest BCUT2D eigenvalue weighted by atomic mass is 9.88. The van der Waals surface area contributed by atoms with Gasteiger partial charge in [-0.15, -0.1) is 0 Å². The second-order valence-corrected chi connectivity index (χ2v) is 7.57. The van der Waals surface area contributed by atoms with E-state index in [0.29, 0.717) is 12.1 Å². The van der Waals surface area contributed by atoms with E-state index >= 15 is 0 Å². The maximum absolute atomic E-state index is 6.45. The molecule has 0 saturated carbocycles. The minimum absolute atomic E-state index is 0.164. The standard InChI is InChI=1S/C22H27NO/c1-16-6-10-18(11-7-16)21-22(19-12-8-17(2)9-13-19)24-15-20-5-3-4-14-23(20)21/h6-13,20-22H,3-5,14-15H2,1-2H3/p+1. The predicted octanol–water partition coefficient (Wildman–Crippen LogP) is 3.55. The van der Waals surface area contributed by atoms with Gasteiger partial charge in [0.15, 0.2) is 0 Å². The molecule has 2 heterocycles. The van der Waals surface area contributed by atoms with Gasteiger partial charge in [0.25, 0.3) is 0 Å². The van der Waals surface area contributed by atoms with Crippen LogP contribution in [0.5, 0.6) is 0 Å². The molecule has 4 atom stereocenters. The number of hydrogen-bond acceptors (Lipinski definition) is 1. The number of quaternary nitrogens is 1. The molecule has 2 saturated heterocycles. The first-order valence-electron chi connectivity index (χ1n) is 9.33. The van der Waals surface area contributed by atoms with Crippen molar-refractivity contribution in [3.05, 3.63) is 70.8 Å². The Kier molecular flexibility index (Phi) is 4.43. The molecule has 0 aliphatic carbocycles. The van der Waals surface area contributed by atoms with E-state index in [1.807, 2.05) is 0 Å². The lowest BCUT2D eigenvalue weighted by Gasteiger charge is -2.45. The van der Waals surface area contributed by atoms with E-state index in [4.69, 9.17) is 4.74 Å². The molecule has 2 heteroatoms. The fraction of sp³-hybridized carbons (Fsp3) is 0.455. The number of morpholine rings is 1. The smallest absolute Gasteiger partial charge is 0.144 e. The molecule has 24 heavy (non-hydrogen) atoms. The van der Waals surface area contributed by atoms with Gasteiger partial charge in [0, 0.05) is 12.0 Å². The SMILES string of the molecule is Cc1ccc(C2OCC3CCCC[NH+]3C2c2ccc(C)cc2)cc1. The van der Waals surface area contributed by atoms with Crippen LogP contribution in [0.4, 0.5) is 0 Å². The van der Waals surface area contributed by atoms with Gasteiger partial charge in [-0.25, -0.2) is 0 Å². The second kappa shape index (κ2) is 6.70. The number of nitrogens with one attached hydrogen (secondary N) is 1.